The summed E-state index contributed by atoms with van der Waals surface area (Å²) < 4.78 is 5.56. The van der Waals surface area contributed by atoms with Crippen molar-refractivity contribution in [2.75, 3.05) is 12.0 Å². The van der Waals surface area contributed by atoms with Gasteiger partial charge in [-0.05, 0) is 54.5 Å². The van der Waals surface area contributed by atoms with E-state index in [1.165, 1.54) is 0 Å². The zero-order valence-electron chi connectivity index (χ0n) is 15.5. The maximum Gasteiger partial charge on any atom is 0.320 e. The molecule has 0 aromatic heterocycles. The zero-order valence-corrected chi connectivity index (χ0v) is 16.3. The van der Waals surface area contributed by atoms with Crippen LogP contribution in [0.3, 0.4) is 0 Å². The number of ether oxygens (including phenoxy) is 1. The summed E-state index contributed by atoms with van der Waals surface area (Å²) in [5, 5.41) is 0. The Morgan fingerprint density at radius 2 is 1.89 bits per heavy atom. The van der Waals surface area contributed by atoms with E-state index in [0.717, 1.165) is 11.3 Å². The Labute approximate surface area is 167 Å². The molecule has 1 aliphatic heterocycles. The molecular formula is C21H21NO5S. The summed E-state index contributed by atoms with van der Waals surface area (Å²) in [7, 11) is 0. The predicted molar refractivity (Wildman–Crippen MR) is 105 cm³/mol. The minimum absolute atomic E-state index is 0.160. The molecule has 2 aromatic carbocycles. The van der Waals surface area contributed by atoms with Crippen LogP contribution in [-0.2, 0) is 16.1 Å². The van der Waals surface area contributed by atoms with Crippen LogP contribution in [0.2, 0.25) is 0 Å². The normalized spacial score (nSPS) is 22.4. The van der Waals surface area contributed by atoms with Gasteiger partial charge in [-0.3, -0.25) is 9.59 Å². The Hall–Kier alpha value is -2.51. The van der Waals surface area contributed by atoms with Crippen LogP contribution in [0.25, 0.3) is 0 Å². The third-order valence-corrected chi connectivity index (χ3v) is 6.03. The number of fused-ring (bicyclic) bond motifs is 1. The highest BCUT2D eigenvalue weighted by Crippen LogP contribution is 2.50. The molecular weight excluding hydrogens is 378 g/mol. The number of hydrogen-bond donors (Lipinski definition) is 1. The summed E-state index contributed by atoms with van der Waals surface area (Å²) in [5.41, 5.74) is 2.49. The molecule has 6 nitrogen and oxygen atoms in total. The van der Waals surface area contributed by atoms with E-state index in [0.29, 0.717) is 35.8 Å². The molecule has 2 aliphatic rings. The van der Waals surface area contributed by atoms with Gasteiger partial charge in [-0.2, -0.15) is 11.8 Å². The van der Waals surface area contributed by atoms with Gasteiger partial charge in [0, 0.05) is 11.2 Å². The van der Waals surface area contributed by atoms with E-state index in [4.69, 9.17) is 14.4 Å². The largest absolute Gasteiger partial charge is 0.460 e. The molecule has 0 saturated heterocycles. The maximum absolute atomic E-state index is 13.3. The Balaban J connectivity index is 1.54. The van der Waals surface area contributed by atoms with Crippen molar-refractivity contribution in [3.8, 4) is 11.5 Å². The molecule has 2 aromatic rings. The minimum Gasteiger partial charge on any atom is -0.460 e. The second-order valence-corrected chi connectivity index (χ2v) is 8.06. The lowest BCUT2D eigenvalue weighted by Crippen LogP contribution is -2.51. The number of esters is 1. The van der Waals surface area contributed by atoms with E-state index in [-0.39, 0.29) is 12.4 Å². The Morgan fingerprint density at radius 1 is 1.14 bits per heavy atom. The van der Waals surface area contributed by atoms with Crippen molar-refractivity contribution in [3.63, 3.8) is 0 Å². The number of nitrogens with one attached hydrogen (secondary N) is 1. The highest BCUT2D eigenvalue weighted by atomic mass is 32.2. The predicted octanol–water partition coefficient (Wildman–Crippen LogP) is 3.56. The van der Waals surface area contributed by atoms with Crippen molar-refractivity contribution in [1.29, 1.82) is 0 Å². The molecule has 1 saturated carbocycles. The van der Waals surface area contributed by atoms with Gasteiger partial charge in [-0.15, -0.1) is 0 Å². The molecule has 4 rings (SSSR count). The van der Waals surface area contributed by atoms with Gasteiger partial charge in [0.1, 0.15) is 12.0 Å². The third kappa shape index (κ3) is 3.47. The molecule has 1 aliphatic carbocycles. The van der Waals surface area contributed by atoms with Crippen molar-refractivity contribution in [3.05, 3.63) is 59.7 Å². The van der Waals surface area contributed by atoms with Crippen LogP contribution in [0.5, 0.6) is 11.5 Å². The van der Waals surface area contributed by atoms with E-state index in [1.54, 1.807) is 30.0 Å². The number of hydrogen-bond acceptors (Lipinski definition) is 7. The van der Waals surface area contributed by atoms with Gasteiger partial charge in [0.2, 0.25) is 0 Å². The van der Waals surface area contributed by atoms with Gasteiger partial charge in [-0.1, -0.05) is 30.3 Å². The number of Topliss-reactive ketones (excluding diaryl/α,β-unsaturated/α-hetero) is 1. The monoisotopic (exact) mass is 399 g/mol. The summed E-state index contributed by atoms with van der Waals surface area (Å²) in [4.78, 5) is 36.5. The fraction of sp³-hybridized carbons (Fsp3) is 0.333. The SMILES string of the molecule is CSCC1CC(C(=O)OCc2ccccc2)(C(=O)c2ccc3c(c2)ONO3)C1. The quantitative estimate of drug-likeness (QED) is 0.433. The van der Waals surface area contributed by atoms with Crippen LogP contribution in [0, 0.1) is 11.3 Å². The Morgan fingerprint density at radius 3 is 2.64 bits per heavy atom. The molecule has 1 heterocycles. The van der Waals surface area contributed by atoms with E-state index in [1.807, 2.05) is 36.6 Å². The molecule has 1 fully saturated rings. The topological polar surface area (TPSA) is 73.9 Å². The number of thioether (sulfide) groups is 1. The van der Waals surface area contributed by atoms with Gasteiger partial charge >= 0.3 is 5.97 Å². The van der Waals surface area contributed by atoms with Gasteiger partial charge in [0.05, 0.1) is 0 Å². The first-order valence-electron chi connectivity index (χ1n) is 9.10. The first-order chi connectivity index (χ1) is 13.6. The average molecular weight is 399 g/mol. The summed E-state index contributed by atoms with van der Waals surface area (Å²) in [6, 6.07) is 14.4. The molecule has 0 bridgehead atoms. The number of carbonyl (C=O) groups is 2. The first-order valence-corrected chi connectivity index (χ1v) is 10.5. The Bertz CT molecular complexity index is 880. The fourth-order valence-corrected chi connectivity index (χ4v) is 4.49. The molecule has 0 atom stereocenters. The molecule has 0 unspecified atom stereocenters. The zero-order chi connectivity index (χ0) is 19.6. The van der Waals surface area contributed by atoms with Crippen LogP contribution in [-0.4, -0.2) is 23.8 Å². The van der Waals surface area contributed by atoms with Crippen molar-refractivity contribution in [1.82, 2.24) is 5.64 Å². The fourth-order valence-electron chi connectivity index (χ4n) is 3.79. The molecule has 0 amide bonds. The van der Waals surface area contributed by atoms with Crippen LogP contribution < -0.4 is 15.3 Å². The highest BCUT2D eigenvalue weighted by molar-refractivity contribution is 7.98. The summed E-state index contributed by atoms with van der Waals surface area (Å²) in [6.45, 7) is 0.160. The molecule has 146 valence electrons. The second-order valence-electron chi connectivity index (χ2n) is 7.15. The lowest BCUT2D eigenvalue weighted by molar-refractivity contribution is -0.161. The second kappa shape index (κ2) is 7.85. The number of rotatable bonds is 7. The molecule has 1 N–H and O–H groups in total. The van der Waals surface area contributed by atoms with Gasteiger partial charge in [0.15, 0.2) is 17.3 Å². The number of benzene rings is 2. The minimum atomic E-state index is -1.13. The van der Waals surface area contributed by atoms with Crippen LogP contribution in [0.15, 0.2) is 48.5 Å². The van der Waals surface area contributed by atoms with Crippen LogP contribution in [0.4, 0.5) is 0 Å². The Kier molecular flexibility index (Phi) is 5.28. The van der Waals surface area contributed by atoms with Gasteiger partial charge in [-0.25, -0.2) is 0 Å². The first kappa shape index (κ1) is 18.8. The number of carbonyl (C=O) groups excluding carboxylic acids is 2. The van der Waals surface area contributed by atoms with Crippen molar-refractivity contribution in [2.45, 2.75) is 19.4 Å². The standard InChI is InChI=1S/C21H21NO5S/c1-28-13-15-10-21(11-15,20(24)25-12-14-5-3-2-4-6-14)19(23)16-7-8-17-18(9-16)27-22-26-17/h2-9,15,22H,10-13H2,1H3. The maximum atomic E-state index is 13.3. The van der Waals surface area contributed by atoms with E-state index in [2.05, 4.69) is 5.64 Å². The van der Waals surface area contributed by atoms with E-state index < -0.39 is 11.4 Å². The summed E-state index contributed by atoms with van der Waals surface area (Å²) in [5.74, 6) is 1.52. The molecule has 0 radical (unpaired) electrons. The van der Waals surface area contributed by atoms with E-state index >= 15 is 0 Å². The molecule has 0 spiro atoms. The van der Waals surface area contributed by atoms with Crippen LogP contribution >= 0.6 is 11.8 Å². The lowest BCUT2D eigenvalue weighted by Gasteiger charge is -2.44. The van der Waals surface area contributed by atoms with Crippen molar-refractivity contribution in [2.24, 2.45) is 11.3 Å². The highest BCUT2D eigenvalue weighted by Gasteiger charge is 2.56. The molecule has 28 heavy (non-hydrogen) atoms. The average Bonchev–Trinajstić information content (AvgIpc) is 3.16. The van der Waals surface area contributed by atoms with Crippen molar-refractivity contribution >= 4 is 23.5 Å². The smallest absolute Gasteiger partial charge is 0.320 e. The van der Waals surface area contributed by atoms with Crippen molar-refractivity contribution < 1.29 is 24.0 Å². The van der Waals surface area contributed by atoms with Gasteiger partial charge < -0.3 is 14.4 Å². The number of ketones is 1. The lowest BCUT2D eigenvalue weighted by atomic mass is 9.59. The van der Waals surface area contributed by atoms with E-state index in [9.17, 15) is 9.59 Å². The third-order valence-electron chi connectivity index (χ3n) is 5.22. The van der Waals surface area contributed by atoms with Crippen LogP contribution in [0.1, 0.15) is 28.8 Å². The summed E-state index contributed by atoms with van der Waals surface area (Å²) >= 11 is 1.72. The molecule has 7 heteroatoms. The summed E-state index contributed by atoms with van der Waals surface area (Å²) in [6.07, 6.45) is 3.04. The van der Waals surface area contributed by atoms with Gasteiger partial charge in [0.25, 0.3) is 0 Å².